The Bertz CT molecular complexity index is 991. The highest BCUT2D eigenvalue weighted by Gasteiger charge is 2.34. The van der Waals surface area contributed by atoms with Crippen molar-refractivity contribution in [1.82, 2.24) is 10.6 Å². The second-order valence-electron chi connectivity index (χ2n) is 8.83. The van der Waals surface area contributed by atoms with Gasteiger partial charge in [0.15, 0.2) is 0 Å². The van der Waals surface area contributed by atoms with Crippen LogP contribution in [0.5, 0.6) is 0 Å². The van der Waals surface area contributed by atoms with Gasteiger partial charge in [0.2, 0.25) is 5.91 Å². The van der Waals surface area contributed by atoms with Crippen LogP contribution in [0.25, 0.3) is 11.1 Å². The summed E-state index contributed by atoms with van der Waals surface area (Å²) in [4.78, 5) is 36.3. The van der Waals surface area contributed by atoms with E-state index in [2.05, 4.69) is 34.9 Å². The number of carbonyl (C=O) groups excluding carboxylic acids is 2. The van der Waals surface area contributed by atoms with Crippen LogP contribution in [0.4, 0.5) is 4.79 Å². The lowest BCUT2D eigenvalue weighted by Crippen LogP contribution is -2.44. The number of amides is 2. The smallest absolute Gasteiger partial charge is 0.407 e. The molecule has 1 fully saturated rings. The first-order valence-corrected chi connectivity index (χ1v) is 11.6. The van der Waals surface area contributed by atoms with Crippen molar-refractivity contribution in [3.63, 3.8) is 0 Å². The number of alkyl carbamates (subject to hydrolysis) is 1. The normalized spacial score (nSPS) is 19.9. The van der Waals surface area contributed by atoms with Crippen molar-refractivity contribution in [3.05, 3.63) is 59.7 Å². The average Bonchev–Trinajstić information content (AvgIpc) is 3.40. The van der Waals surface area contributed by atoms with Crippen molar-refractivity contribution in [3.8, 4) is 11.1 Å². The fraction of sp³-hybridized carbons (Fsp3) is 0.423. The number of rotatable bonds is 8. The lowest BCUT2D eigenvalue weighted by molar-refractivity contribution is -0.142. The van der Waals surface area contributed by atoms with Gasteiger partial charge in [0.1, 0.15) is 6.61 Å². The molecule has 2 aliphatic rings. The Balaban J connectivity index is 1.31. The zero-order valence-electron chi connectivity index (χ0n) is 18.8. The molecule has 0 heterocycles. The maximum atomic E-state index is 12.5. The minimum atomic E-state index is -0.874. The van der Waals surface area contributed by atoms with E-state index in [4.69, 9.17) is 4.74 Å². The number of carboxylic acid groups (broad SMARTS) is 1. The molecule has 0 saturated heterocycles. The standard InChI is InChI=1S/C26H30N2O5/c1-2-16(14-24(29)28-23-13-7-12-21(23)25(30)31)27-26(32)33-15-22-19-10-5-3-8-17(19)18-9-4-6-11-20(18)22/h3-6,8-11,16,21-23H,2,7,12-15H2,1H3,(H,27,32)(H,28,29)(H,30,31)/t16-,21-,23+/m0/s1. The number of carboxylic acids is 1. The van der Waals surface area contributed by atoms with Gasteiger partial charge in [0, 0.05) is 24.4 Å². The molecule has 1 saturated carbocycles. The van der Waals surface area contributed by atoms with Gasteiger partial charge < -0.3 is 20.5 Å². The summed E-state index contributed by atoms with van der Waals surface area (Å²) in [5.41, 5.74) is 4.61. The van der Waals surface area contributed by atoms with Gasteiger partial charge in [0.25, 0.3) is 0 Å². The van der Waals surface area contributed by atoms with E-state index in [0.717, 1.165) is 28.7 Å². The molecule has 2 amide bonds. The van der Waals surface area contributed by atoms with Crippen LogP contribution in [0, 0.1) is 5.92 Å². The van der Waals surface area contributed by atoms with Crippen LogP contribution in [0.1, 0.15) is 56.1 Å². The van der Waals surface area contributed by atoms with Crippen molar-refractivity contribution in [1.29, 1.82) is 0 Å². The second-order valence-corrected chi connectivity index (χ2v) is 8.83. The Labute approximate surface area is 193 Å². The Morgan fingerprint density at radius 1 is 1.03 bits per heavy atom. The first-order chi connectivity index (χ1) is 16.0. The number of ether oxygens (including phenoxy) is 1. The largest absolute Gasteiger partial charge is 0.481 e. The summed E-state index contributed by atoms with van der Waals surface area (Å²) in [5.74, 6) is -1.69. The second kappa shape index (κ2) is 10.1. The molecule has 33 heavy (non-hydrogen) atoms. The van der Waals surface area contributed by atoms with E-state index in [0.29, 0.717) is 19.3 Å². The third-order valence-corrected chi connectivity index (χ3v) is 6.77. The molecule has 4 rings (SSSR count). The minimum absolute atomic E-state index is 0.0261. The minimum Gasteiger partial charge on any atom is -0.481 e. The van der Waals surface area contributed by atoms with E-state index in [1.165, 1.54) is 0 Å². The number of hydrogen-bond donors (Lipinski definition) is 3. The lowest BCUT2D eigenvalue weighted by Gasteiger charge is -2.21. The third-order valence-electron chi connectivity index (χ3n) is 6.77. The molecule has 2 aromatic rings. The monoisotopic (exact) mass is 450 g/mol. The van der Waals surface area contributed by atoms with E-state index < -0.39 is 18.0 Å². The molecule has 7 heteroatoms. The van der Waals surface area contributed by atoms with Crippen LogP contribution in [-0.4, -0.2) is 41.8 Å². The van der Waals surface area contributed by atoms with Crippen LogP contribution in [0.2, 0.25) is 0 Å². The number of benzene rings is 2. The molecule has 0 aromatic heterocycles. The molecule has 0 radical (unpaired) electrons. The van der Waals surface area contributed by atoms with Gasteiger partial charge in [-0.3, -0.25) is 9.59 Å². The molecular formula is C26H30N2O5. The Hall–Kier alpha value is -3.35. The molecular weight excluding hydrogens is 420 g/mol. The highest BCUT2D eigenvalue weighted by atomic mass is 16.5. The van der Waals surface area contributed by atoms with E-state index in [1.54, 1.807) is 0 Å². The summed E-state index contributed by atoms with van der Waals surface area (Å²) in [7, 11) is 0. The van der Waals surface area contributed by atoms with E-state index >= 15 is 0 Å². The van der Waals surface area contributed by atoms with Gasteiger partial charge in [0.05, 0.1) is 5.92 Å². The predicted octanol–water partition coefficient (Wildman–Crippen LogP) is 4.06. The SMILES string of the molecule is CC[C@@H](CC(=O)N[C@@H]1CCC[C@@H]1C(=O)O)NC(=O)OCC1c2ccccc2-c2ccccc21. The molecule has 0 spiro atoms. The maximum absolute atomic E-state index is 12.5. The average molecular weight is 451 g/mol. The zero-order valence-corrected chi connectivity index (χ0v) is 18.8. The molecule has 2 aromatic carbocycles. The Kier molecular flexibility index (Phi) is 6.96. The fourth-order valence-corrected chi connectivity index (χ4v) is 5.02. The summed E-state index contributed by atoms with van der Waals surface area (Å²) < 4.78 is 5.58. The lowest BCUT2D eigenvalue weighted by atomic mass is 9.98. The zero-order chi connectivity index (χ0) is 23.4. The Morgan fingerprint density at radius 2 is 1.67 bits per heavy atom. The molecule has 3 atom stereocenters. The van der Waals surface area contributed by atoms with Gasteiger partial charge in [-0.1, -0.05) is 61.9 Å². The topological polar surface area (TPSA) is 105 Å². The van der Waals surface area contributed by atoms with Crippen molar-refractivity contribution >= 4 is 18.0 Å². The first-order valence-electron chi connectivity index (χ1n) is 11.6. The van der Waals surface area contributed by atoms with Gasteiger partial charge in [-0.05, 0) is 41.5 Å². The van der Waals surface area contributed by atoms with E-state index in [1.807, 2.05) is 31.2 Å². The summed E-state index contributed by atoms with van der Waals surface area (Å²) in [6.45, 7) is 2.10. The summed E-state index contributed by atoms with van der Waals surface area (Å²) in [6, 6.07) is 15.6. The quantitative estimate of drug-likeness (QED) is 0.563. The van der Waals surface area contributed by atoms with Crippen molar-refractivity contribution in [2.24, 2.45) is 5.92 Å². The van der Waals surface area contributed by atoms with Crippen molar-refractivity contribution in [2.45, 2.75) is 57.0 Å². The number of carbonyl (C=O) groups is 3. The highest BCUT2D eigenvalue weighted by molar-refractivity contribution is 5.80. The number of nitrogens with one attached hydrogen (secondary N) is 2. The van der Waals surface area contributed by atoms with Crippen molar-refractivity contribution in [2.75, 3.05) is 6.61 Å². The molecule has 3 N–H and O–H groups in total. The van der Waals surface area contributed by atoms with Crippen LogP contribution in [-0.2, 0) is 14.3 Å². The van der Waals surface area contributed by atoms with E-state index in [9.17, 15) is 19.5 Å². The molecule has 2 aliphatic carbocycles. The molecule has 0 aliphatic heterocycles. The Morgan fingerprint density at radius 3 is 2.27 bits per heavy atom. The maximum Gasteiger partial charge on any atom is 0.407 e. The number of hydrogen-bond acceptors (Lipinski definition) is 4. The molecule has 7 nitrogen and oxygen atoms in total. The van der Waals surface area contributed by atoms with Gasteiger partial charge >= 0.3 is 12.1 Å². The first kappa shape index (κ1) is 22.8. The molecule has 174 valence electrons. The highest BCUT2D eigenvalue weighted by Crippen LogP contribution is 2.44. The van der Waals surface area contributed by atoms with Crippen LogP contribution < -0.4 is 10.6 Å². The summed E-state index contributed by atoms with van der Waals surface area (Å²) in [5, 5.41) is 14.9. The molecule has 0 bridgehead atoms. The van der Waals surface area contributed by atoms with Gasteiger partial charge in [-0.15, -0.1) is 0 Å². The predicted molar refractivity (Wildman–Crippen MR) is 124 cm³/mol. The van der Waals surface area contributed by atoms with Crippen LogP contribution in [0.15, 0.2) is 48.5 Å². The number of fused-ring (bicyclic) bond motifs is 3. The van der Waals surface area contributed by atoms with Crippen molar-refractivity contribution < 1.29 is 24.2 Å². The number of aliphatic carboxylic acids is 1. The van der Waals surface area contributed by atoms with Crippen LogP contribution >= 0.6 is 0 Å². The summed E-state index contributed by atoms with van der Waals surface area (Å²) in [6.07, 6.45) is 2.13. The van der Waals surface area contributed by atoms with E-state index in [-0.39, 0.29) is 36.9 Å². The molecule has 0 unspecified atom stereocenters. The third kappa shape index (κ3) is 5.02. The summed E-state index contributed by atoms with van der Waals surface area (Å²) >= 11 is 0. The van der Waals surface area contributed by atoms with Gasteiger partial charge in [-0.2, -0.15) is 0 Å². The fourth-order valence-electron chi connectivity index (χ4n) is 5.02. The van der Waals surface area contributed by atoms with Crippen LogP contribution in [0.3, 0.4) is 0 Å². The van der Waals surface area contributed by atoms with Gasteiger partial charge in [-0.25, -0.2) is 4.79 Å².